The lowest BCUT2D eigenvalue weighted by Gasteiger charge is -2.12. The minimum absolute atomic E-state index is 0.0344. The van der Waals surface area contributed by atoms with Crippen LogP contribution in [-0.4, -0.2) is 27.4 Å². The van der Waals surface area contributed by atoms with Crippen LogP contribution in [0.25, 0.3) is 10.9 Å². The number of rotatable bonds is 7. The highest BCUT2D eigenvalue weighted by Crippen LogP contribution is 2.20. The quantitative estimate of drug-likeness (QED) is 0.185. The first-order valence-corrected chi connectivity index (χ1v) is 10.6. The molecule has 0 fully saturated rings. The normalized spacial score (nSPS) is 11.2. The summed E-state index contributed by atoms with van der Waals surface area (Å²) in [5.74, 6) is -0.308. The third-order valence-electron chi connectivity index (χ3n) is 3.94. The Morgan fingerprint density at radius 3 is 2.80 bits per heavy atom. The van der Waals surface area contributed by atoms with E-state index in [-0.39, 0.29) is 17.2 Å². The fourth-order valence-electron chi connectivity index (χ4n) is 2.61. The van der Waals surface area contributed by atoms with Crippen molar-refractivity contribution in [3.05, 3.63) is 80.6 Å². The van der Waals surface area contributed by atoms with Gasteiger partial charge in [-0.3, -0.25) is 14.2 Å². The number of amides is 1. The number of aromatic nitrogens is 2. The summed E-state index contributed by atoms with van der Waals surface area (Å²) in [6.45, 7) is 6.04. The summed E-state index contributed by atoms with van der Waals surface area (Å²) in [5.41, 5.74) is 4.29. The van der Waals surface area contributed by atoms with Gasteiger partial charge in [0, 0.05) is 17.1 Å². The largest absolute Gasteiger partial charge is 0.283 e. The van der Waals surface area contributed by atoms with Gasteiger partial charge in [0.25, 0.3) is 11.5 Å². The minimum Gasteiger partial charge on any atom is -0.283 e. The standard InChI is InChI=1S/C21H18Cl2N4O2S/c1-13(2)11-27-20(29)16-5-3-4-6-18(16)25-21(27)30-12-19(28)26-24-10-14-7-8-15(22)9-17(14)23/h3-10H,1,11-12H2,2H3,(H,26,28). The highest BCUT2D eigenvalue weighted by Gasteiger charge is 2.13. The Morgan fingerprint density at radius 2 is 2.07 bits per heavy atom. The summed E-state index contributed by atoms with van der Waals surface area (Å²) in [7, 11) is 0. The van der Waals surface area contributed by atoms with Crippen LogP contribution in [0.2, 0.25) is 10.0 Å². The van der Waals surface area contributed by atoms with E-state index in [2.05, 4.69) is 22.1 Å². The van der Waals surface area contributed by atoms with Gasteiger partial charge in [-0.05, 0) is 31.2 Å². The molecule has 0 spiro atoms. The number of hydrogen-bond acceptors (Lipinski definition) is 5. The fraction of sp³-hybridized carbons (Fsp3) is 0.143. The van der Waals surface area contributed by atoms with Crippen LogP contribution >= 0.6 is 35.0 Å². The van der Waals surface area contributed by atoms with Gasteiger partial charge in [-0.15, -0.1) is 0 Å². The second kappa shape index (κ2) is 9.93. The number of benzene rings is 2. The van der Waals surface area contributed by atoms with Gasteiger partial charge in [0.05, 0.1) is 27.9 Å². The first-order valence-electron chi connectivity index (χ1n) is 8.89. The van der Waals surface area contributed by atoms with Crippen LogP contribution in [-0.2, 0) is 11.3 Å². The molecule has 0 aliphatic heterocycles. The Bertz CT molecular complexity index is 1210. The van der Waals surface area contributed by atoms with Gasteiger partial charge in [-0.25, -0.2) is 10.4 Å². The average molecular weight is 461 g/mol. The zero-order valence-corrected chi connectivity index (χ0v) is 18.4. The lowest BCUT2D eigenvalue weighted by molar-refractivity contribution is -0.118. The fourth-order valence-corrected chi connectivity index (χ4v) is 3.86. The number of para-hydroxylation sites is 1. The highest BCUT2D eigenvalue weighted by atomic mass is 35.5. The molecule has 2 aromatic carbocycles. The number of halogens is 2. The number of allylic oxidation sites excluding steroid dienone is 1. The molecule has 9 heteroatoms. The topological polar surface area (TPSA) is 76.3 Å². The van der Waals surface area contributed by atoms with Crippen molar-refractivity contribution in [3.63, 3.8) is 0 Å². The first-order chi connectivity index (χ1) is 14.3. The van der Waals surface area contributed by atoms with Crippen LogP contribution in [0, 0.1) is 0 Å². The van der Waals surface area contributed by atoms with Crippen LogP contribution in [0.5, 0.6) is 0 Å². The number of hydrazone groups is 1. The Labute approximate surface area is 187 Å². The van der Waals surface area contributed by atoms with Crippen molar-refractivity contribution in [1.82, 2.24) is 15.0 Å². The number of nitrogens with zero attached hydrogens (tertiary/aromatic N) is 3. The van der Waals surface area contributed by atoms with Gasteiger partial charge in [-0.1, -0.05) is 65.3 Å². The average Bonchev–Trinajstić information content (AvgIpc) is 2.70. The summed E-state index contributed by atoms with van der Waals surface area (Å²) in [4.78, 5) is 29.6. The maximum atomic E-state index is 12.8. The summed E-state index contributed by atoms with van der Waals surface area (Å²) < 4.78 is 1.53. The molecule has 6 nitrogen and oxygen atoms in total. The second-order valence-electron chi connectivity index (χ2n) is 6.51. The maximum absolute atomic E-state index is 12.8. The first kappa shape index (κ1) is 22.1. The van der Waals surface area contributed by atoms with E-state index in [0.29, 0.717) is 38.2 Å². The van der Waals surface area contributed by atoms with Crippen molar-refractivity contribution in [1.29, 1.82) is 0 Å². The molecular formula is C21H18Cl2N4O2S. The van der Waals surface area contributed by atoms with Gasteiger partial charge >= 0.3 is 0 Å². The number of hydrogen-bond donors (Lipinski definition) is 1. The molecule has 0 atom stereocenters. The van der Waals surface area contributed by atoms with Crippen LogP contribution in [0.1, 0.15) is 12.5 Å². The highest BCUT2D eigenvalue weighted by molar-refractivity contribution is 7.99. The van der Waals surface area contributed by atoms with Crippen LogP contribution < -0.4 is 11.0 Å². The van der Waals surface area contributed by atoms with Crippen molar-refractivity contribution in [3.8, 4) is 0 Å². The maximum Gasteiger partial charge on any atom is 0.262 e. The number of nitrogens with one attached hydrogen (secondary N) is 1. The molecule has 0 unspecified atom stereocenters. The molecule has 154 valence electrons. The van der Waals surface area contributed by atoms with Crippen LogP contribution in [0.3, 0.4) is 0 Å². The van der Waals surface area contributed by atoms with E-state index in [1.165, 1.54) is 10.8 Å². The van der Waals surface area contributed by atoms with Crippen molar-refractivity contribution in [2.45, 2.75) is 18.6 Å². The third-order valence-corrected chi connectivity index (χ3v) is 5.48. The zero-order chi connectivity index (χ0) is 21.7. The Morgan fingerprint density at radius 1 is 1.30 bits per heavy atom. The van der Waals surface area contributed by atoms with E-state index in [1.54, 1.807) is 36.4 Å². The number of carbonyl (C=O) groups is 1. The molecule has 0 bridgehead atoms. The molecule has 1 aromatic heterocycles. The SMILES string of the molecule is C=C(C)Cn1c(SCC(=O)NN=Cc2ccc(Cl)cc2Cl)nc2ccccc2c1=O. The van der Waals surface area contributed by atoms with Gasteiger partial charge in [0.15, 0.2) is 5.16 Å². The van der Waals surface area contributed by atoms with Crippen molar-refractivity contribution >= 4 is 58.0 Å². The van der Waals surface area contributed by atoms with E-state index in [0.717, 1.165) is 17.3 Å². The second-order valence-corrected chi connectivity index (χ2v) is 8.29. The van der Waals surface area contributed by atoms with Gasteiger partial charge < -0.3 is 0 Å². The predicted molar refractivity (Wildman–Crippen MR) is 124 cm³/mol. The predicted octanol–water partition coefficient (Wildman–Crippen LogP) is 4.52. The molecule has 0 saturated carbocycles. The van der Waals surface area contributed by atoms with Crippen molar-refractivity contribution in [2.75, 3.05) is 5.75 Å². The summed E-state index contributed by atoms with van der Waals surface area (Å²) in [5, 5.41) is 5.83. The van der Waals surface area contributed by atoms with E-state index < -0.39 is 0 Å². The number of thioether (sulfide) groups is 1. The van der Waals surface area contributed by atoms with Crippen molar-refractivity contribution < 1.29 is 4.79 Å². The Balaban J connectivity index is 1.72. The van der Waals surface area contributed by atoms with Gasteiger partial charge in [0.2, 0.25) is 0 Å². The third kappa shape index (κ3) is 5.50. The molecule has 0 radical (unpaired) electrons. The molecule has 30 heavy (non-hydrogen) atoms. The van der Waals surface area contributed by atoms with Gasteiger partial charge in [0.1, 0.15) is 0 Å². The molecule has 0 aliphatic rings. The van der Waals surface area contributed by atoms with Gasteiger partial charge in [-0.2, -0.15) is 5.10 Å². The Hall–Kier alpha value is -2.61. The van der Waals surface area contributed by atoms with E-state index in [1.807, 2.05) is 13.0 Å². The lowest BCUT2D eigenvalue weighted by atomic mass is 10.2. The molecule has 1 heterocycles. The molecular weight excluding hydrogens is 443 g/mol. The molecule has 1 amide bonds. The smallest absolute Gasteiger partial charge is 0.262 e. The summed E-state index contributed by atoms with van der Waals surface area (Å²) >= 11 is 13.1. The van der Waals surface area contributed by atoms with Crippen LogP contribution in [0.4, 0.5) is 0 Å². The van der Waals surface area contributed by atoms with E-state index >= 15 is 0 Å². The zero-order valence-electron chi connectivity index (χ0n) is 16.1. The summed E-state index contributed by atoms with van der Waals surface area (Å²) in [6.07, 6.45) is 1.44. The molecule has 3 aromatic rings. The molecule has 3 rings (SSSR count). The molecule has 1 N–H and O–H groups in total. The molecule has 0 aliphatic carbocycles. The minimum atomic E-state index is -0.342. The van der Waals surface area contributed by atoms with Crippen LogP contribution in [0.15, 0.2) is 69.7 Å². The lowest BCUT2D eigenvalue weighted by Crippen LogP contribution is -2.25. The van der Waals surface area contributed by atoms with E-state index in [9.17, 15) is 9.59 Å². The van der Waals surface area contributed by atoms with Crippen molar-refractivity contribution in [2.24, 2.45) is 5.10 Å². The number of carbonyl (C=O) groups excluding carboxylic acids is 1. The van der Waals surface area contributed by atoms with E-state index in [4.69, 9.17) is 23.2 Å². The summed E-state index contributed by atoms with van der Waals surface area (Å²) in [6, 6.07) is 12.1. The molecule has 0 saturated heterocycles. The monoisotopic (exact) mass is 460 g/mol. The Kier molecular flexibility index (Phi) is 7.31. The number of fused-ring (bicyclic) bond motifs is 1.